The van der Waals surface area contributed by atoms with Gasteiger partial charge in [-0.1, -0.05) is 84.3 Å². The number of benzene rings is 1. The van der Waals surface area contributed by atoms with Crippen LogP contribution in [-0.4, -0.2) is 11.1 Å². The molecule has 0 heterocycles. The molecule has 0 aliphatic carbocycles. The fourth-order valence-electron chi connectivity index (χ4n) is 4.80. The highest BCUT2D eigenvalue weighted by atomic mass is 16.5. The Labute approximate surface area is 210 Å². The molecule has 0 aliphatic heterocycles. The molecule has 1 N–H and O–H groups in total. The molecule has 194 valence electrons. The molecule has 3 heteroatoms. The number of phenols is 1. The van der Waals surface area contributed by atoms with Crippen molar-refractivity contribution < 1.29 is 14.6 Å². The molecule has 34 heavy (non-hydrogen) atoms. The van der Waals surface area contributed by atoms with Crippen LogP contribution in [-0.2, 0) is 11.2 Å². The summed E-state index contributed by atoms with van der Waals surface area (Å²) >= 11 is 0. The topological polar surface area (TPSA) is 46.5 Å². The van der Waals surface area contributed by atoms with Crippen molar-refractivity contribution in [1.82, 2.24) is 0 Å². The Morgan fingerprint density at radius 3 is 1.88 bits per heavy atom. The first-order valence-corrected chi connectivity index (χ1v) is 13.6. The molecule has 0 aromatic heterocycles. The Kier molecular flexibility index (Phi) is 13.6. The number of allylic oxidation sites excluding steroid dienone is 2. The van der Waals surface area contributed by atoms with E-state index < -0.39 is 0 Å². The van der Waals surface area contributed by atoms with Crippen LogP contribution in [0, 0.1) is 38.5 Å². The van der Waals surface area contributed by atoms with Gasteiger partial charge < -0.3 is 9.84 Å². The fraction of sp³-hybridized carbons (Fsp3) is 0.710. The maximum atomic E-state index is 11.5. The second-order valence-corrected chi connectivity index (χ2v) is 11.2. The molecule has 0 radical (unpaired) electrons. The zero-order valence-corrected chi connectivity index (χ0v) is 23.6. The van der Waals surface area contributed by atoms with Crippen molar-refractivity contribution in [1.29, 1.82) is 0 Å². The summed E-state index contributed by atoms with van der Waals surface area (Å²) in [7, 11) is 0. The van der Waals surface area contributed by atoms with Gasteiger partial charge in [0.1, 0.15) is 11.5 Å². The second-order valence-electron chi connectivity index (χ2n) is 11.2. The molecule has 1 aromatic rings. The summed E-state index contributed by atoms with van der Waals surface area (Å²) in [5.41, 5.74) is 4.68. The van der Waals surface area contributed by atoms with Crippen LogP contribution in [0.25, 0.3) is 0 Å². The van der Waals surface area contributed by atoms with Crippen molar-refractivity contribution in [3.63, 3.8) is 0 Å². The quantitative estimate of drug-likeness (QED) is 0.157. The van der Waals surface area contributed by atoms with Crippen LogP contribution in [0.1, 0.15) is 122 Å². The highest BCUT2D eigenvalue weighted by Gasteiger charge is 2.18. The van der Waals surface area contributed by atoms with Crippen LogP contribution in [0.15, 0.2) is 11.6 Å². The summed E-state index contributed by atoms with van der Waals surface area (Å²) in [5.74, 6) is 3.06. The zero-order valence-electron chi connectivity index (χ0n) is 23.6. The minimum absolute atomic E-state index is 0.321. The minimum Gasteiger partial charge on any atom is -0.507 e. The molecule has 0 aliphatic rings. The van der Waals surface area contributed by atoms with E-state index in [0.29, 0.717) is 17.9 Å². The molecular weight excluding hydrogens is 420 g/mol. The largest absolute Gasteiger partial charge is 0.507 e. The molecule has 0 fully saturated rings. The van der Waals surface area contributed by atoms with E-state index in [9.17, 15) is 9.90 Å². The van der Waals surface area contributed by atoms with E-state index in [-0.39, 0.29) is 5.97 Å². The van der Waals surface area contributed by atoms with Gasteiger partial charge in [-0.05, 0) is 81.4 Å². The lowest BCUT2D eigenvalue weighted by Crippen LogP contribution is -2.07. The van der Waals surface area contributed by atoms with Crippen LogP contribution in [0.5, 0.6) is 11.5 Å². The number of rotatable bonds is 15. The van der Waals surface area contributed by atoms with Gasteiger partial charge in [0.05, 0.1) is 0 Å². The van der Waals surface area contributed by atoms with E-state index in [1.54, 1.807) is 0 Å². The summed E-state index contributed by atoms with van der Waals surface area (Å²) in [4.78, 5) is 11.5. The third-order valence-corrected chi connectivity index (χ3v) is 7.38. The van der Waals surface area contributed by atoms with Gasteiger partial charge in [-0.3, -0.25) is 4.79 Å². The molecule has 1 aromatic carbocycles. The Bertz CT molecular complexity index is 804. The number of hydrogen-bond acceptors (Lipinski definition) is 3. The third-order valence-electron chi connectivity index (χ3n) is 7.38. The van der Waals surface area contributed by atoms with E-state index >= 15 is 0 Å². The zero-order chi connectivity index (χ0) is 25.8. The third kappa shape index (κ3) is 10.7. The SMILES string of the molecule is CC(=O)Oc1c(C)c(C)c(O)c(C/C=C(/C)CCC[C@H](C)CCC[C@H](C)CCCC(C)C)c1C. The first-order chi connectivity index (χ1) is 15.9. The molecule has 2 atom stereocenters. The van der Waals surface area contributed by atoms with Crippen molar-refractivity contribution in [3.8, 4) is 11.5 Å². The monoisotopic (exact) mass is 472 g/mol. The van der Waals surface area contributed by atoms with Crippen molar-refractivity contribution in [2.45, 2.75) is 127 Å². The maximum absolute atomic E-state index is 11.5. The average molecular weight is 473 g/mol. The summed E-state index contributed by atoms with van der Waals surface area (Å²) in [5, 5.41) is 10.7. The van der Waals surface area contributed by atoms with Crippen LogP contribution in [0.3, 0.4) is 0 Å². The van der Waals surface area contributed by atoms with E-state index in [0.717, 1.165) is 46.4 Å². The molecule has 0 saturated carbocycles. The van der Waals surface area contributed by atoms with E-state index in [4.69, 9.17) is 4.74 Å². The highest BCUT2D eigenvalue weighted by Crippen LogP contribution is 2.37. The Morgan fingerprint density at radius 2 is 1.35 bits per heavy atom. The van der Waals surface area contributed by atoms with E-state index in [2.05, 4.69) is 40.7 Å². The molecule has 0 saturated heterocycles. The minimum atomic E-state index is -0.330. The number of ether oxygens (including phenoxy) is 1. The fourth-order valence-corrected chi connectivity index (χ4v) is 4.80. The standard InChI is InChI=1S/C31H52O3/c1-21(2)13-10-14-22(3)15-11-16-23(4)17-12-18-24(5)19-20-29-27(8)31(34-28(9)32)26(7)25(6)30(29)33/h19,21-23,33H,10-18,20H2,1-9H3/b24-19-/t22-,23-/m1/s1. The van der Waals surface area contributed by atoms with E-state index in [1.807, 2.05) is 20.8 Å². The van der Waals surface area contributed by atoms with Crippen molar-refractivity contribution in [3.05, 3.63) is 33.9 Å². The molecule has 0 amide bonds. The van der Waals surface area contributed by atoms with Crippen molar-refractivity contribution in [2.24, 2.45) is 17.8 Å². The lowest BCUT2D eigenvalue weighted by Gasteiger charge is -2.18. The summed E-state index contributed by atoms with van der Waals surface area (Å²) in [6.07, 6.45) is 14.7. The number of esters is 1. The van der Waals surface area contributed by atoms with Crippen LogP contribution >= 0.6 is 0 Å². The van der Waals surface area contributed by atoms with Crippen molar-refractivity contribution >= 4 is 5.97 Å². The van der Waals surface area contributed by atoms with Crippen molar-refractivity contribution in [2.75, 3.05) is 0 Å². The van der Waals surface area contributed by atoms with E-state index in [1.165, 1.54) is 63.9 Å². The maximum Gasteiger partial charge on any atom is 0.308 e. The van der Waals surface area contributed by atoms with Gasteiger partial charge >= 0.3 is 5.97 Å². The molecular formula is C31H52O3. The average Bonchev–Trinajstić information content (AvgIpc) is 2.75. The first-order valence-electron chi connectivity index (χ1n) is 13.6. The summed E-state index contributed by atoms with van der Waals surface area (Å²) < 4.78 is 5.46. The number of aromatic hydroxyl groups is 1. The number of carbonyl (C=O) groups excluding carboxylic acids is 1. The lowest BCUT2D eigenvalue weighted by atomic mass is 9.91. The summed E-state index contributed by atoms with van der Waals surface area (Å²) in [6.45, 7) is 18.8. The van der Waals surface area contributed by atoms with Gasteiger partial charge in [-0.15, -0.1) is 0 Å². The molecule has 0 bridgehead atoms. The molecule has 3 nitrogen and oxygen atoms in total. The Morgan fingerprint density at radius 1 is 0.824 bits per heavy atom. The lowest BCUT2D eigenvalue weighted by molar-refractivity contribution is -0.131. The van der Waals surface area contributed by atoms with Gasteiger partial charge in [0.15, 0.2) is 0 Å². The predicted molar refractivity (Wildman–Crippen MR) is 146 cm³/mol. The Balaban J connectivity index is 2.49. The second kappa shape index (κ2) is 15.3. The van der Waals surface area contributed by atoms with Crippen LogP contribution in [0.4, 0.5) is 0 Å². The Hall–Kier alpha value is -1.77. The molecule has 0 unspecified atom stereocenters. The molecule has 1 rings (SSSR count). The van der Waals surface area contributed by atoms with Crippen LogP contribution < -0.4 is 4.74 Å². The van der Waals surface area contributed by atoms with Gasteiger partial charge in [-0.2, -0.15) is 0 Å². The van der Waals surface area contributed by atoms with Gasteiger partial charge in [0.25, 0.3) is 0 Å². The van der Waals surface area contributed by atoms with Gasteiger partial charge in [0.2, 0.25) is 0 Å². The molecule has 0 spiro atoms. The number of carbonyl (C=O) groups is 1. The normalized spacial score (nSPS) is 13.9. The van der Waals surface area contributed by atoms with Gasteiger partial charge in [-0.25, -0.2) is 0 Å². The number of hydrogen-bond donors (Lipinski definition) is 1. The predicted octanol–water partition coefficient (Wildman–Crippen LogP) is 9.17. The smallest absolute Gasteiger partial charge is 0.308 e. The highest BCUT2D eigenvalue weighted by molar-refractivity contribution is 5.72. The first kappa shape index (κ1) is 30.3. The number of phenolic OH excluding ortho intramolecular Hbond substituents is 1. The summed E-state index contributed by atoms with van der Waals surface area (Å²) in [6, 6.07) is 0. The van der Waals surface area contributed by atoms with Gasteiger partial charge in [0, 0.05) is 12.5 Å². The van der Waals surface area contributed by atoms with Crippen LogP contribution in [0.2, 0.25) is 0 Å².